The quantitative estimate of drug-likeness (QED) is 0.234. The van der Waals surface area contributed by atoms with Gasteiger partial charge in [0, 0.05) is 52.4 Å². The molecular formula is C23H38N4O6. The Morgan fingerprint density at radius 1 is 0.606 bits per heavy atom. The SMILES string of the molecule is C=CCOC(=O)CN1CCNCCN(CC(=O)OCC=C)CCN(CC(=O)OCC=C)CC1. The molecule has 0 bridgehead atoms. The molecule has 0 unspecified atom stereocenters. The molecule has 0 amide bonds. The zero-order valence-electron chi connectivity index (χ0n) is 19.5. The van der Waals surface area contributed by atoms with Gasteiger partial charge in [0.05, 0.1) is 19.6 Å². The largest absolute Gasteiger partial charge is 0.461 e. The number of nitrogens with one attached hydrogen (secondary N) is 1. The standard InChI is InChI=1S/C23H38N4O6/c1-4-15-31-21(28)18-25-9-7-24-8-10-26(19-22(29)32-16-5-2)12-14-27(13-11-25)20-23(30)33-17-6-3/h4-6,24H,1-3,7-20H2. The van der Waals surface area contributed by atoms with Gasteiger partial charge in [0.15, 0.2) is 0 Å². The number of nitrogens with zero attached hydrogens (tertiary/aromatic N) is 3. The van der Waals surface area contributed by atoms with E-state index < -0.39 is 0 Å². The van der Waals surface area contributed by atoms with E-state index in [1.807, 2.05) is 14.7 Å². The van der Waals surface area contributed by atoms with E-state index in [0.29, 0.717) is 52.4 Å². The van der Waals surface area contributed by atoms with Crippen LogP contribution in [0.25, 0.3) is 0 Å². The summed E-state index contributed by atoms with van der Waals surface area (Å²) in [4.78, 5) is 42.2. The molecule has 0 aromatic rings. The first-order chi connectivity index (χ1) is 16.0. The molecule has 1 heterocycles. The van der Waals surface area contributed by atoms with Crippen LogP contribution in [-0.2, 0) is 28.6 Å². The van der Waals surface area contributed by atoms with Gasteiger partial charge >= 0.3 is 17.9 Å². The first-order valence-corrected chi connectivity index (χ1v) is 11.2. The summed E-state index contributed by atoms with van der Waals surface area (Å²) in [6.45, 7) is 16.4. The van der Waals surface area contributed by atoms with Crippen LogP contribution < -0.4 is 5.32 Å². The average Bonchev–Trinajstić information content (AvgIpc) is 2.79. The summed E-state index contributed by atoms with van der Waals surface area (Å²) in [5.74, 6) is -0.983. The molecule has 186 valence electrons. The highest BCUT2D eigenvalue weighted by atomic mass is 16.5. The van der Waals surface area contributed by atoms with Crippen LogP contribution in [0.3, 0.4) is 0 Å². The lowest BCUT2D eigenvalue weighted by molar-refractivity contribution is -0.146. The van der Waals surface area contributed by atoms with Gasteiger partial charge in [-0.3, -0.25) is 29.1 Å². The van der Waals surface area contributed by atoms with E-state index in [9.17, 15) is 14.4 Å². The van der Waals surface area contributed by atoms with Gasteiger partial charge in [0.2, 0.25) is 0 Å². The molecule has 10 nitrogen and oxygen atoms in total. The van der Waals surface area contributed by atoms with E-state index in [0.717, 1.165) is 0 Å². The van der Waals surface area contributed by atoms with Crippen LogP contribution in [0.1, 0.15) is 0 Å². The van der Waals surface area contributed by atoms with Crippen LogP contribution in [0.15, 0.2) is 38.0 Å². The van der Waals surface area contributed by atoms with Crippen molar-refractivity contribution >= 4 is 17.9 Å². The molecule has 0 saturated carbocycles. The molecule has 1 aliphatic rings. The molecule has 1 N–H and O–H groups in total. The number of carbonyl (C=O) groups is 3. The Morgan fingerprint density at radius 2 is 0.909 bits per heavy atom. The van der Waals surface area contributed by atoms with E-state index in [2.05, 4.69) is 25.1 Å². The van der Waals surface area contributed by atoms with Crippen molar-refractivity contribution < 1.29 is 28.6 Å². The fraction of sp³-hybridized carbons (Fsp3) is 0.609. The van der Waals surface area contributed by atoms with Crippen molar-refractivity contribution in [2.24, 2.45) is 0 Å². The molecule has 0 radical (unpaired) electrons. The van der Waals surface area contributed by atoms with Crippen molar-refractivity contribution in [3.8, 4) is 0 Å². The number of rotatable bonds is 12. The Balaban J connectivity index is 2.77. The Kier molecular flexibility index (Phi) is 15.5. The third kappa shape index (κ3) is 14.3. The lowest BCUT2D eigenvalue weighted by atomic mass is 10.3. The summed E-state index contributed by atoms with van der Waals surface area (Å²) in [6.07, 6.45) is 4.59. The van der Waals surface area contributed by atoms with E-state index in [1.54, 1.807) is 0 Å². The summed E-state index contributed by atoms with van der Waals surface area (Å²) in [5, 5.41) is 3.35. The summed E-state index contributed by atoms with van der Waals surface area (Å²) in [7, 11) is 0. The summed E-state index contributed by atoms with van der Waals surface area (Å²) in [5.41, 5.74) is 0. The molecule has 0 atom stereocenters. The van der Waals surface area contributed by atoms with Crippen LogP contribution in [0, 0.1) is 0 Å². The predicted octanol–water partition coefficient (Wildman–Crippen LogP) is -0.317. The van der Waals surface area contributed by atoms with Crippen LogP contribution in [0.2, 0.25) is 0 Å². The first-order valence-electron chi connectivity index (χ1n) is 11.2. The van der Waals surface area contributed by atoms with Crippen molar-refractivity contribution in [3.05, 3.63) is 38.0 Å². The van der Waals surface area contributed by atoms with E-state index in [1.165, 1.54) is 18.2 Å². The maximum absolute atomic E-state index is 12.2. The Hall–Kier alpha value is -2.53. The Morgan fingerprint density at radius 3 is 1.21 bits per heavy atom. The topological polar surface area (TPSA) is 101 Å². The normalized spacial score (nSPS) is 17.1. The molecule has 0 aromatic heterocycles. The third-order valence-corrected chi connectivity index (χ3v) is 4.82. The number of hydrogen-bond acceptors (Lipinski definition) is 10. The second-order valence-corrected chi connectivity index (χ2v) is 7.49. The maximum atomic E-state index is 12.2. The summed E-state index contributed by atoms with van der Waals surface area (Å²) < 4.78 is 15.4. The van der Waals surface area contributed by atoms with Gasteiger partial charge in [-0.1, -0.05) is 38.0 Å². The second kappa shape index (κ2) is 18.0. The lowest BCUT2D eigenvalue weighted by Gasteiger charge is -2.30. The molecular weight excluding hydrogens is 428 g/mol. The van der Waals surface area contributed by atoms with E-state index in [-0.39, 0.29) is 57.4 Å². The predicted molar refractivity (Wildman–Crippen MR) is 126 cm³/mol. The number of ether oxygens (including phenoxy) is 3. The van der Waals surface area contributed by atoms with E-state index in [4.69, 9.17) is 14.2 Å². The van der Waals surface area contributed by atoms with Gasteiger partial charge in [0.1, 0.15) is 19.8 Å². The minimum absolute atomic E-state index is 0.107. The highest BCUT2D eigenvalue weighted by Crippen LogP contribution is 2.00. The zero-order chi connectivity index (χ0) is 24.3. The molecule has 10 heteroatoms. The molecule has 1 aliphatic heterocycles. The van der Waals surface area contributed by atoms with Crippen molar-refractivity contribution in [2.45, 2.75) is 0 Å². The molecule has 0 spiro atoms. The van der Waals surface area contributed by atoms with Gasteiger partial charge < -0.3 is 19.5 Å². The third-order valence-electron chi connectivity index (χ3n) is 4.82. The Labute approximate surface area is 196 Å². The lowest BCUT2D eigenvalue weighted by Crippen LogP contribution is -2.48. The fourth-order valence-electron chi connectivity index (χ4n) is 3.12. The summed E-state index contributed by atoms with van der Waals surface area (Å²) >= 11 is 0. The number of esters is 3. The number of hydrogen-bond donors (Lipinski definition) is 1. The molecule has 0 aromatic carbocycles. The van der Waals surface area contributed by atoms with Crippen molar-refractivity contribution in [3.63, 3.8) is 0 Å². The minimum Gasteiger partial charge on any atom is -0.461 e. The smallest absolute Gasteiger partial charge is 0.320 e. The molecule has 1 saturated heterocycles. The Bertz CT molecular complexity index is 602. The van der Waals surface area contributed by atoms with Gasteiger partial charge in [-0.15, -0.1) is 0 Å². The first kappa shape index (κ1) is 28.5. The van der Waals surface area contributed by atoms with Crippen LogP contribution in [-0.4, -0.2) is 124 Å². The molecule has 1 fully saturated rings. The van der Waals surface area contributed by atoms with Crippen molar-refractivity contribution in [1.29, 1.82) is 0 Å². The van der Waals surface area contributed by atoms with Crippen LogP contribution in [0.5, 0.6) is 0 Å². The number of carbonyl (C=O) groups excluding carboxylic acids is 3. The van der Waals surface area contributed by atoms with Crippen LogP contribution in [0.4, 0.5) is 0 Å². The molecule has 1 rings (SSSR count). The molecule has 0 aliphatic carbocycles. The minimum atomic E-state index is -0.349. The van der Waals surface area contributed by atoms with Gasteiger partial charge in [0.25, 0.3) is 0 Å². The average molecular weight is 467 g/mol. The van der Waals surface area contributed by atoms with Gasteiger partial charge in [-0.2, -0.15) is 0 Å². The maximum Gasteiger partial charge on any atom is 0.320 e. The van der Waals surface area contributed by atoms with Gasteiger partial charge in [-0.05, 0) is 0 Å². The highest BCUT2D eigenvalue weighted by molar-refractivity contribution is 5.72. The van der Waals surface area contributed by atoms with Crippen molar-refractivity contribution in [1.82, 2.24) is 20.0 Å². The van der Waals surface area contributed by atoms with E-state index >= 15 is 0 Å². The second-order valence-electron chi connectivity index (χ2n) is 7.49. The van der Waals surface area contributed by atoms with Crippen LogP contribution >= 0.6 is 0 Å². The fourth-order valence-corrected chi connectivity index (χ4v) is 3.12. The molecule has 33 heavy (non-hydrogen) atoms. The van der Waals surface area contributed by atoms with Gasteiger partial charge in [-0.25, -0.2) is 0 Å². The zero-order valence-corrected chi connectivity index (χ0v) is 19.5. The van der Waals surface area contributed by atoms with Crippen molar-refractivity contribution in [2.75, 3.05) is 91.8 Å². The highest BCUT2D eigenvalue weighted by Gasteiger charge is 2.19. The summed E-state index contributed by atoms with van der Waals surface area (Å²) in [6, 6.07) is 0. The monoisotopic (exact) mass is 466 g/mol.